The van der Waals surface area contributed by atoms with E-state index in [9.17, 15) is 4.79 Å². The van der Waals surface area contributed by atoms with Crippen LogP contribution in [0.25, 0.3) is 0 Å². The SMILES string of the molecule is CCC(C#N)(CC)NC(=O)C1C2CCCC21. The molecule has 3 heteroatoms. The van der Waals surface area contributed by atoms with Crippen molar-refractivity contribution in [1.82, 2.24) is 5.32 Å². The van der Waals surface area contributed by atoms with Crippen molar-refractivity contribution in [3.05, 3.63) is 0 Å². The largest absolute Gasteiger partial charge is 0.338 e. The normalized spacial score (nSPS) is 31.7. The molecule has 16 heavy (non-hydrogen) atoms. The summed E-state index contributed by atoms with van der Waals surface area (Å²) in [6.45, 7) is 3.92. The van der Waals surface area contributed by atoms with E-state index in [1.54, 1.807) is 0 Å². The van der Waals surface area contributed by atoms with Crippen LogP contribution in [0.4, 0.5) is 0 Å². The van der Waals surface area contributed by atoms with E-state index >= 15 is 0 Å². The van der Waals surface area contributed by atoms with Gasteiger partial charge >= 0.3 is 0 Å². The van der Waals surface area contributed by atoms with Crippen molar-refractivity contribution < 1.29 is 4.79 Å². The minimum absolute atomic E-state index is 0.125. The summed E-state index contributed by atoms with van der Waals surface area (Å²) in [7, 11) is 0. The van der Waals surface area contributed by atoms with Crippen molar-refractivity contribution in [1.29, 1.82) is 5.26 Å². The van der Waals surface area contributed by atoms with E-state index in [-0.39, 0.29) is 11.8 Å². The molecule has 0 spiro atoms. The Bertz CT molecular complexity index is 317. The molecule has 1 amide bonds. The van der Waals surface area contributed by atoms with Crippen molar-refractivity contribution >= 4 is 5.91 Å². The number of amides is 1. The van der Waals surface area contributed by atoms with Gasteiger partial charge in [-0.2, -0.15) is 5.26 Å². The molecule has 0 saturated heterocycles. The molecule has 1 N–H and O–H groups in total. The molecule has 0 aliphatic heterocycles. The van der Waals surface area contributed by atoms with Crippen LogP contribution in [0, 0.1) is 29.1 Å². The molecule has 2 aliphatic rings. The van der Waals surface area contributed by atoms with Crippen LogP contribution in [-0.4, -0.2) is 11.4 Å². The summed E-state index contributed by atoms with van der Waals surface area (Å²) >= 11 is 0. The fourth-order valence-corrected chi connectivity index (χ4v) is 3.14. The van der Waals surface area contributed by atoms with Gasteiger partial charge in [0, 0.05) is 5.92 Å². The van der Waals surface area contributed by atoms with Crippen molar-refractivity contribution in [2.75, 3.05) is 0 Å². The highest BCUT2D eigenvalue weighted by atomic mass is 16.2. The Kier molecular flexibility index (Phi) is 2.92. The molecule has 88 valence electrons. The number of hydrogen-bond acceptors (Lipinski definition) is 2. The molecule has 0 aromatic heterocycles. The van der Waals surface area contributed by atoms with Crippen LogP contribution < -0.4 is 5.32 Å². The van der Waals surface area contributed by atoms with E-state index < -0.39 is 5.54 Å². The van der Waals surface area contributed by atoms with E-state index in [1.165, 1.54) is 19.3 Å². The van der Waals surface area contributed by atoms with Gasteiger partial charge < -0.3 is 5.32 Å². The first-order chi connectivity index (χ1) is 7.67. The van der Waals surface area contributed by atoms with Crippen molar-refractivity contribution in [3.63, 3.8) is 0 Å². The molecule has 2 fully saturated rings. The minimum Gasteiger partial charge on any atom is -0.338 e. The summed E-state index contributed by atoms with van der Waals surface area (Å²) in [5.74, 6) is 1.61. The van der Waals surface area contributed by atoms with Crippen LogP contribution in [0.15, 0.2) is 0 Å². The van der Waals surface area contributed by atoms with E-state index in [1.807, 2.05) is 13.8 Å². The fraction of sp³-hybridized carbons (Fsp3) is 0.846. The molecule has 0 aromatic rings. The van der Waals surface area contributed by atoms with Crippen LogP contribution in [-0.2, 0) is 4.79 Å². The molecule has 2 unspecified atom stereocenters. The van der Waals surface area contributed by atoms with Crippen LogP contribution >= 0.6 is 0 Å². The molecule has 0 aromatic carbocycles. The lowest BCUT2D eigenvalue weighted by Gasteiger charge is -2.25. The van der Waals surface area contributed by atoms with Gasteiger partial charge in [0.25, 0.3) is 0 Å². The smallest absolute Gasteiger partial charge is 0.224 e. The van der Waals surface area contributed by atoms with Gasteiger partial charge in [0.15, 0.2) is 0 Å². The van der Waals surface area contributed by atoms with Gasteiger partial charge in [-0.05, 0) is 37.5 Å². The Morgan fingerprint density at radius 3 is 2.38 bits per heavy atom. The Morgan fingerprint density at radius 1 is 1.38 bits per heavy atom. The summed E-state index contributed by atoms with van der Waals surface area (Å²) in [4.78, 5) is 12.0. The summed E-state index contributed by atoms with van der Waals surface area (Å²) in [5, 5.41) is 12.1. The first kappa shape index (κ1) is 11.4. The second-order valence-electron chi connectivity index (χ2n) is 5.17. The molecule has 2 saturated carbocycles. The van der Waals surface area contributed by atoms with Crippen molar-refractivity contribution in [2.24, 2.45) is 17.8 Å². The van der Waals surface area contributed by atoms with Crippen molar-refractivity contribution in [3.8, 4) is 6.07 Å². The summed E-state index contributed by atoms with van der Waals surface area (Å²) in [5.41, 5.74) is -0.631. The molecule has 2 rings (SSSR count). The molecular weight excluding hydrogens is 200 g/mol. The third-order valence-electron chi connectivity index (χ3n) is 4.49. The van der Waals surface area contributed by atoms with Gasteiger partial charge in [0.05, 0.1) is 6.07 Å². The third-order valence-corrected chi connectivity index (χ3v) is 4.49. The number of hydrogen-bond donors (Lipinski definition) is 1. The Hall–Kier alpha value is -1.04. The van der Waals surface area contributed by atoms with Crippen LogP contribution in [0.2, 0.25) is 0 Å². The topological polar surface area (TPSA) is 52.9 Å². The maximum Gasteiger partial charge on any atom is 0.224 e. The maximum atomic E-state index is 12.0. The summed E-state index contributed by atoms with van der Waals surface area (Å²) in [6.07, 6.45) is 5.08. The highest BCUT2D eigenvalue weighted by Gasteiger charge is 2.57. The van der Waals surface area contributed by atoms with Gasteiger partial charge in [0.1, 0.15) is 5.54 Å². The lowest BCUT2D eigenvalue weighted by Crippen LogP contribution is -2.47. The second kappa shape index (κ2) is 4.08. The Labute approximate surface area is 97.2 Å². The number of nitrogens with one attached hydrogen (secondary N) is 1. The lowest BCUT2D eigenvalue weighted by atomic mass is 9.94. The zero-order valence-corrected chi connectivity index (χ0v) is 10.1. The number of fused-ring (bicyclic) bond motifs is 1. The van der Waals surface area contributed by atoms with Crippen LogP contribution in [0.1, 0.15) is 46.0 Å². The monoisotopic (exact) mass is 220 g/mol. The zero-order chi connectivity index (χ0) is 11.8. The van der Waals surface area contributed by atoms with Gasteiger partial charge in [-0.15, -0.1) is 0 Å². The average molecular weight is 220 g/mol. The Morgan fingerprint density at radius 2 is 1.94 bits per heavy atom. The summed E-state index contributed by atoms with van der Waals surface area (Å²) in [6, 6.07) is 2.26. The molecule has 0 heterocycles. The summed E-state index contributed by atoms with van der Waals surface area (Å²) < 4.78 is 0. The molecule has 0 bridgehead atoms. The first-order valence-electron chi connectivity index (χ1n) is 6.40. The standard InChI is InChI=1S/C13H20N2O/c1-3-13(4-2,8-14)15-12(16)11-9-6-5-7-10(9)11/h9-11H,3-7H2,1-2H3,(H,15,16). The van der Waals surface area contributed by atoms with Crippen molar-refractivity contribution in [2.45, 2.75) is 51.5 Å². The number of carbonyl (C=O) groups is 1. The zero-order valence-electron chi connectivity index (χ0n) is 10.1. The van der Waals surface area contributed by atoms with Gasteiger partial charge in [-0.25, -0.2) is 0 Å². The first-order valence-corrected chi connectivity index (χ1v) is 6.40. The molecule has 3 nitrogen and oxygen atoms in total. The second-order valence-corrected chi connectivity index (χ2v) is 5.17. The fourth-order valence-electron chi connectivity index (χ4n) is 3.14. The predicted molar refractivity (Wildman–Crippen MR) is 61.4 cm³/mol. The van der Waals surface area contributed by atoms with Gasteiger partial charge in [-0.3, -0.25) is 4.79 Å². The van der Waals surface area contributed by atoms with E-state index in [0.717, 1.165) is 0 Å². The van der Waals surface area contributed by atoms with E-state index in [0.29, 0.717) is 24.7 Å². The number of carbonyl (C=O) groups excluding carboxylic acids is 1. The highest BCUT2D eigenvalue weighted by Crippen LogP contribution is 2.57. The average Bonchev–Trinajstić information content (AvgIpc) is 2.81. The van der Waals surface area contributed by atoms with Crippen LogP contribution in [0.5, 0.6) is 0 Å². The van der Waals surface area contributed by atoms with Gasteiger partial charge in [-0.1, -0.05) is 20.3 Å². The minimum atomic E-state index is -0.631. The third kappa shape index (κ3) is 1.71. The number of rotatable bonds is 4. The molecule has 2 atom stereocenters. The molecular formula is C13H20N2O. The van der Waals surface area contributed by atoms with E-state index in [4.69, 9.17) is 5.26 Å². The lowest BCUT2D eigenvalue weighted by molar-refractivity contribution is -0.124. The van der Waals surface area contributed by atoms with E-state index in [2.05, 4.69) is 11.4 Å². The Balaban J connectivity index is 1.95. The maximum absolute atomic E-state index is 12.0. The molecule has 0 radical (unpaired) electrons. The molecule has 2 aliphatic carbocycles. The van der Waals surface area contributed by atoms with Gasteiger partial charge in [0.2, 0.25) is 5.91 Å². The van der Waals surface area contributed by atoms with Crippen LogP contribution in [0.3, 0.4) is 0 Å². The number of nitriles is 1. The predicted octanol–water partition coefficient (Wildman–Crippen LogP) is 2.23. The quantitative estimate of drug-likeness (QED) is 0.790. The highest BCUT2D eigenvalue weighted by molar-refractivity contribution is 5.83. The number of nitrogens with zero attached hydrogens (tertiary/aromatic N) is 1.